The van der Waals surface area contributed by atoms with Crippen LogP contribution in [0.25, 0.3) is 5.57 Å². The Balaban J connectivity index is 3.06. The van der Waals surface area contributed by atoms with Gasteiger partial charge >= 0.3 is 0 Å². The highest BCUT2D eigenvalue weighted by atomic mass is 14.5. The number of benzene rings is 1. The minimum Gasteiger partial charge on any atom is -0.330 e. The lowest BCUT2D eigenvalue weighted by Gasteiger charge is -2.09. The monoisotopic (exact) mass is 349 g/mol. The van der Waals surface area contributed by atoms with E-state index in [2.05, 4.69) is 82.0 Å². The third-order valence-electron chi connectivity index (χ3n) is 4.29. The third kappa shape index (κ3) is 7.89. The van der Waals surface area contributed by atoms with Crippen molar-refractivity contribution >= 4 is 5.57 Å². The molecule has 0 heterocycles. The Morgan fingerprint density at radius 1 is 1.12 bits per heavy atom. The van der Waals surface area contributed by atoms with Crippen LogP contribution in [-0.2, 0) is 6.42 Å². The smallest absolute Gasteiger partial charge is 0.0248 e. The molecule has 1 nitrogen and oxygen atoms in total. The van der Waals surface area contributed by atoms with E-state index in [1.807, 2.05) is 0 Å². The number of unbranched alkanes of at least 4 members (excludes halogenated alkanes) is 2. The molecule has 1 aromatic carbocycles. The van der Waals surface area contributed by atoms with Crippen LogP contribution in [0.3, 0.4) is 0 Å². The summed E-state index contributed by atoms with van der Waals surface area (Å²) in [6.45, 7) is 9.43. The number of hydrogen-bond donors (Lipinski definition) is 1. The van der Waals surface area contributed by atoms with Crippen molar-refractivity contribution in [2.45, 2.75) is 66.2 Å². The molecule has 0 fully saturated rings. The van der Waals surface area contributed by atoms with Gasteiger partial charge in [-0.05, 0) is 73.6 Å². The normalized spacial score (nSPS) is 12.3. The SMILES string of the molecule is CCCC#Cc1ccc(/C(C)=C/C=C(\C=C/CCC)CCN)c(CC)c1. The Morgan fingerprint density at radius 3 is 2.58 bits per heavy atom. The van der Waals surface area contributed by atoms with Crippen LogP contribution in [0.1, 0.15) is 76.5 Å². The molecule has 0 spiro atoms. The fourth-order valence-corrected chi connectivity index (χ4v) is 2.75. The Morgan fingerprint density at radius 2 is 1.92 bits per heavy atom. The van der Waals surface area contributed by atoms with Crippen molar-refractivity contribution in [3.8, 4) is 11.8 Å². The highest BCUT2D eigenvalue weighted by molar-refractivity contribution is 5.69. The van der Waals surface area contributed by atoms with E-state index in [0.717, 1.165) is 37.7 Å². The van der Waals surface area contributed by atoms with Gasteiger partial charge in [-0.3, -0.25) is 0 Å². The fraction of sp³-hybridized carbons (Fsp3) is 0.440. The standard InChI is InChI=1S/C25H35N/c1-5-8-10-12-22(18-19-26)15-14-21(4)25-17-16-23(13-11-9-6-2)20-24(25)7-3/h10,12,14-17,20H,5-9,18-19,26H2,1-4H3/b12-10-,21-14+,22-15+. The average molecular weight is 350 g/mol. The molecule has 0 saturated carbocycles. The highest BCUT2D eigenvalue weighted by Gasteiger charge is 2.03. The van der Waals surface area contributed by atoms with E-state index >= 15 is 0 Å². The molecule has 0 amide bonds. The maximum atomic E-state index is 5.76. The molecule has 0 aliphatic heterocycles. The zero-order valence-electron chi connectivity index (χ0n) is 17.1. The molecule has 1 aromatic rings. The molecular weight excluding hydrogens is 314 g/mol. The predicted molar refractivity (Wildman–Crippen MR) is 117 cm³/mol. The minimum absolute atomic E-state index is 0.681. The number of hydrogen-bond acceptors (Lipinski definition) is 1. The summed E-state index contributed by atoms with van der Waals surface area (Å²) in [6.07, 6.45) is 15.2. The van der Waals surface area contributed by atoms with Gasteiger partial charge in [0.2, 0.25) is 0 Å². The van der Waals surface area contributed by atoms with Crippen molar-refractivity contribution in [3.63, 3.8) is 0 Å². The van der Waals surface area contributed by atoms with Crippen molar-refractivity contribution in [2.24, 2.45) is 5.73 Å². The molecular formula is C25H35N. The van der Waals surface area contributed by atoms with E-state index < -0.39 is 0 Å². The summed E-state index contributed by atoms with van der Waals surface area (Å²) in [5.74, 6) is 6.51. The Bertz CT molecular complexity index is 693. The topological polar surface area (TPSA) is 26.0 Å². The maximum absolute atomic E-state index is 5.76. The van der Waals surface area contributed by atoms with Gasteiger partial charge in [-0.25, -0.2) is 0 Å². The van der Waals surface area contributed by atoms with Crippen molar-refractivity contribution in [1.82, 2.24) is 0 Å². The summed E-state index contributed by atoms with van der Waals surface area (Å²) in [6, 6.07) is 6.59. The van der Waals surface area contributed by atoms with Gasteiger partial charge in [0.25, 0.3) is 0 Å². The van der Waals surface area contributed by atoms with E-state index in [-0.39, 0.29) is 0 Å². The molecule has 0 unspecified atom stereocenters. The molecule has 0 aliphatic rings. The van der Waals surface area contributed by atoms with Gasteiger partial charge in [-0.1, -0.05) is 69.4 Å². The van der Waals surface area contributed by atoms with Gasteiger partial charge < -0.3 is 5.73 Å². The molecule has 0 bridgehead atoms. The molecule has 0 radical (unpaired) electrons. The molecule has 1 heteroatoms. The highest BCUT2D eigenvalue weighted by Crippen LogP contribution is 2.22. The van der Waals surface area contributed by atoms with Crippen molar-refractivity contribution < 1.29 is 0 Å². The van der Waals surface area contributed by atoms with E-state index in [9.17, 15) is 0 Å². The summed E-state index contributed by atoms with van der Waals surface area (Å²) in [5, 5.41) is 0. The lowest BCUT2D eigenvalue weighted by Crippen LogP contribution is -1.99. The summed E-state index contributed by atoms with van der Waals surface area (Å²) in [5.41, 5.74) is 12.1. The lowest BCUT2D eigenvalue weighted by atomic mass is 9.96. The van der Waals surface area contributed by atoms with Crippen molar-refractivity contribution in [1.29, 1.82) is 0 Å². The zero-order valence-corrected chi connectivity index (χ0v) is 17.1. The largest absolute Gasteiger partial charge is 0.330 e. The Hall–Kier alpha value is -2.04. The van der Waals surface area contributed by atoms with Crippen molar-refractivity contribution in [2.75, 3.05) is 6.54 Å². The molecule has 0 saturated heterocycles. The lowest BCUT2D eigenvalue weighted by molar-refractivity contribution is 0.944. The van der Waals surface area contributed by atoms with Gasteiger partial charge in [-0.2, -0.15) is 0 Å². The van der Waals surface area contributed by atoms with E-state index in [0.29, 0.717) is 6.54 Å². The zero-order chi connectivity index (χ0) is 19.2. The van der Waals surface area contributed by atoms with E-state index in [1.165, 1.54) is 28.7 Å². The summed E-state index contributed by atoms with van der Waals surface area (Å²) < 4.78 is 0. The first kappa shape index (κ1) is 22.0. The summed E-state index contributed by atoms with van der Waals surface area (Å²) in [7, 11) is 0. The first-order valence-electron chi connectivity index (χ1n) is 10.0. The molecule has 140 valence electrons. The summed E-state index contributed by atoms with van der Waals surface area (Å²) in [4.78, 5) is 0. The van der Waals surface area contributed by atoms with Crippen LogP contribution in [0.4, 0.5) is 0 Å². The summed E-state index contributed by atoms with van der Waals surface area (Å²) >= 11 is 0. The molecule has 26 heavy (non-hydrogen) atoms. The van der Waals surface area contributed by atoms with Gasteiger partial charge in [0.05, 0.1) is 0 Å². The van der Waals surface area contributed by atoms with Crippen LogP contribution in [-0.4, -0.2) is 6.54 Å². The van der Waals surface area contributed by atoms with Gasteiger partial charge in [0.15, 0.2) is 0 Å². The first-order valence-corrected chi connectivity index (χ1v) is 10.0. The van der Waals surface area contributed by atoms with Gasteiger partial charge in [-0.15, -0.1) is 0 Å². The van der Waals surface area contributed by atoms with E-state index in [4.69, 9.17) is 5.73 Å². The molecule has 2 N–H and O–H groups in total. The predicted octanol–water partition coefficient (Wildman–Crippen LogP) is 6.44. The van der Waals surface area contributed by atoms with Crippen LogP contribution in [0.2, 0.25) is 0 Å². The van der Waals surface area contributed by atoms with E-state index in [1.54, 1.807) is 0 Å². The number of allylic oxidation sites excluding steroid dienone is 5. The molecule has 0 aromatic heterocycles. The maximum Gasteiger partial charge on any atom is 0.0248 e. The average Bonchev–Trinajstić information content (AvgIpc) is 2.66. The fourth-order valence-electron chi connectivity index (χ4n) is 2.75. The number of rotatable bonds is 9. The second kappa shape index (κ2) is 13.2. The molecule has 1 rings (SSSR count). The van der Waals surface area contributed by atoms with Crippen LogP contribution >= 0.6 is 0 Å². The number of aryl methyl sites for hydroxylation is 1. The molecule has 0 aliphatic carbocycles. The van der Waals surface area contributed by atoms with Crippen LogP contribution in [0.15, 0.2) is 48.1 Å². The second-order valence-electron chi connectivity index (χ2n) is 6.60. The van der Waals surface area contributed by atoms with Crippen molar-refractivity contribution in [3.05, 3.63) is 64.8 Å². The van der Waals surface area contributed by atoms with Gasteiger partial charge in [0.1, 0.15) is 0 Å². The van der Waals surface area contributed by atoms with Gasteiger partial charge in [0, 0.05) is 12.0 Å². The third-order valence-corrected chi connectivity index (χ3v) is 4.29. The van der Waals surface area contributed by atoms with Crippen LogP contribution in [0.5, 0.6) is 0 Å². The van der Waals surface area contributed by atoms with Crippen LogP contribution < -0.4 is 5.73 Å². The van der Waals surface area contributed by atoms with Crippen LogP contribution in [0, 0.1) is 11.8 Å². The molecule has 0 atom stereocenters. The second-order valence-corrected chi connectivity index (χ2v) is 6.60. The minimum atomic E-state index is 0.681. The first-order chi connectivity index (χ1) is 12.7. The number of nitrogens with two attached hydrogens (primary N) is 1. The Labute approximate surface area is 161 Å². The Kier molecular flexibility index (Phi) is 11.2. The quantitative estimate of drug-likeness (QED) is 0.403.